The van der Waals surface area contributed by atoms with Crippen LogP contribution in [-0.4, -0.2) is 23.4 Å². The number of hydrogen-bond donors (Lipinski definition) is 2. The van der Waals surface area contributed by atoms with Crippen LogP contribution < -0.4 is 10.6 Å². The molecular weight excluding hydrogens is 467 g/mol. The Hall–Kier alpha value is -3.55. The maximum absolute atomic E-state index is 15.1. The van der Waals surface area contributed by atoms with Crippen molar-refractivity contribution in [3.8, 4) is 0 Å². The Bertz CT molecular complexity index is 1110. The van der Waals surface area contributed by atoms with Gasteiger partial charge in [0.2, 0.25) is 0 Å². The normalized spacial score (nSPS) is 11.9. The molecule has 194 valence electrons. The number of benzene rings is 2. The van der Waals surface area contributed by atoms with Crippen LogP contribution >= 0.6 is 0 Å². The molecular formula is C28H34F3N3O2. The standard InChI is InChI=1S/C28H34F3N3O2/c1-5-8-13-25(19(4)7-3)34(16-9-6-2)27(35)21-15-14-20(17-24(21)31)18-32-28(36)33-26-22(29)11-10-12-23(26)30/h5,8,10-12,14-15,17H,6-7,9,13,16,18H2,1-4H3,(H2,32,33,36)/b8-5-,25-19-. The number of urea groups is 1. The van der Waals surface area contributed by atoms with Crippen molar-refractivity contribution in [2.45, 2.75) is 59.9 Å². The molecule has 0 heterocycles. The quantitative estimate of drug-likeness (QED) is 0.317. The molecule has 0 aliphatic carbocycles. The van der Waals surface area contributed by atoms with Crippen molar-refractivity contribution in [1.82, 2.24) is 10.2 Å². The number of allylic oxidation sites excluding steroid dienone is 3. The summed E-state index contributed by atoms with van der Waals surface area (Å²) in [4.78, 5) is 27.2. The molecule has 0 aliphatic heterocycles. The lowest BCUT2D eigenvalue weighted by molar-refractivity contribution is 0.0794. The van der Waals surface area contributed by atoms with E-state index in [0.29, 0.717) is 18.5 Å². The van der Waals surface area contributed by atoms with Crippen molar-refractivity contribution in [3.63, 3.8) is 0 Å². The molecule has 0 saturated carbocycles. The molecule has 2 N–H and O–H groups in total. The second-order valence-electron chi connectivity index (χ2n) is 8.38. The van der Waals surface area contributed by atoms with E-state index >= 15 is 4.39 Å². The molecule has 8 heteroatoms. The first-order valence-electron chi connectivity index (χ1n) is 12.1. The van der Waals surface area contributed by atoms with Gasteiger partial charge >= 0.3 is 6.03 Å². The second kappa shape index (κ2) is 14.1. The molecule has 0 bridgehead atoms. The lowest BCUT2D eigenvalue weighted by Crippen LogP contribution is -2.33. The SMILES string of the molecule is C/C=C\C/C(=C(\C)CC)N(CCCC)C(=O)c1ccc(CNC(=O)Nc2c(F)cccc2F)cc1F. The van der Waals surface area contributed by atoms with Crippen molar-refractivity contribution in [2.75, 3.05) is 11.9 Å². The van der Waals surface area contributed by atoms with E-state index in [1.165, 1.54) is 18.2 Å². The molecule has 0 fully saturated rings. The summed E-state index contributed by atoms with van der Waals surface area (Å²) < 4.78 is 42.5. The van der Waals surface area contributed by atoms with E-state index in [4.69, 9.17) is 0 Å². The number of amides is 3. The minimum Gasteiger partial charge on any atom is -0.334 e. The van der Waals surface area contributed by atoms with Crippen LogP contribution in [0.3, 0.4) is 0 Å². The van der Waals surface area contributed by atoms with Gasteiger partial charge in [-0.3, -0.25) is 4.79 Å². The largest absolute Gasteiger partial charge is 0.334 e. The van der Waals surface area contributed by atoms with Crippen LogP contribution in [0.5, 0.6) is 0 Å². The average Bonchev–Trinajstić information content (AvgIpc) is 2.86. The first-order chi connectivity index (χ1) is 17.2. The van der Waals surface area contributed by atoms with Crippen molar-refractivity contribution < 1.29 is 22.8 Å². The Kier molecular flexibility index (Phi) is 11.2. The molecule has 0 aliphatic rings. The summed E-state index contributed by atoms with van der Waals surface area (Å²) in [6, 6.07) is 6.50. The number of rotatable bonds is 11. The summed E-state index contributed by atoms with van der Waals surface area (Å²) >= 11 is 0. The van der Waals surface area contributed by atoms with E-state index < -0.39 is 35.1 Å². The molecule has 3 amide bonds. The maximum atomic E-state index is 15.1. The third kappa shape index (κ3) is 7.73. The first kappa shape index (κ1) is 28.7. The van der Waals surface area contributed by atoms with E-state index in [1.54, 1.807) is 11.0 Å². The van der Waals surface area contributed by atoms with Crippen molar-refractivity contribution in [2.24, 2.45) is 0 Å². The van der Waals surface area contributed by atoms with Crippen molar-refractivity contribution >= 4 is 17.6 Å². The first-order valence-corrected chi connectivity index (χ1v) is 12.1. The number of anilines is 1. The third-order valence-electron chi connectivity index (χ3n) is 5.79. The molecule has 0 spiro atoms. The van der Waals surface area contributed by atoms with Gasteiger partial charge in [0.25, 0.3) is 5.91 Å². The van der Waals surface area contributed by atoms with Crippen LogP contribution in [0, 0.1) is 17.5 Å². The van der Waals surface area contributed by atoms with Gasteiger partial charge in [-0.2, -0.15) is 0 Å². The van der Waals surface area contributed by atoms with Crippen LogP contribution in [0.2, 0.25) is 0 Å². The smallest absolute Gasteiger partial charge is 0.319 e. The summed E-state index contributed by atoms with van der Waals surface area (Å²) in [5, 5.41) is 4.54. The molecule has 0 radical (unpaired) electrons. The minimum absolute atomic E-state index is 0.0605. The van der Waals surface area contributed by atoms with E-state index in [2.05, 4.69) is 10.6 Å². The monoisotopic (exact) mass is 501 g/mol. The predicted octanol–water partition coefficient (Wildman–Crippen LogP) is 7.32. The zero-order valence-electron chi connectivity index (χ0n) is 21.3. The number of nitrogens with zero attached hydrogens (tertiary/aromatic N) is 1. The lowest BCUT2D eigenvalue weighted by Gasteiger charge is -2.27. The molecule has 0 unspecified atom stereocenters. The van der Waals surface area contributed by atoms with Gasteiger partial charge < -0.3 is 15.5 Å². The maximum Gasteiger partial charge on any atom is 0.319 e. The summed E-state index contributed by atoms with van der Waals surface area (Å²) in [5.74, 6) is -2.94. The van der Waals surface area contributed by atoms with Gasteiger partial charge in [0.1, 0.15) is 23.1 Å². The number of para-hydroxylation sites is 1. The Balaban J connectivity index is 2.19. The van der Waals surface area contributed by atoms with Crippen LogP contribution in [0.15, 0.2) is 59.8 Å². The Morgan fingerprint density at radius 2 is 1.72 bits per heavy atom. The van der Waals surface area contributed by atoms with Crippen LogP contribution in [0.4, 0.5) is 23.7 Å². The van der Waals surface area contributed by atoms with Gasteiger partial charge in [-0.1, -0.05) is 50.1 Å². The van der Waals surface area contributed by atoms with Gasteiger partial charge in [-0.15, -0.1) is 0 Å². The fourth-order valence-corrected chi connectivity index (χ4v) is 3.57. The fraction of sp³-hybridized carbons (Fsp3) is 0.357. The highest BCUT2D eigenvalue weighted by atomic mass is 19.1. The topological polar surface area (TPSA) is 61.4 Å². The number of halogens is 3. The van der Waals surface area contributed by atoms with E-state index in [1.807, 2.05) is 39.8 Å². The van der Waals surface area contributed by atoms with Gasteiger partial charge in [-0.25, -0.2) is 18.0 Å². The molecule has 5 nitrogen and oxygen atoms in total. The van der Waals surface area contributed by atoms with Crippen molar-refractivity contribution in [1.29, 1.82) is 0 Å². The summed E-state index contributed by atoms with van der Waals surface area (Å²) in [5.41, 5.74) is 1.70. The summed E-state index contributed by atoms with van der Waals surface area (Å²) in [6.07, 6.45) is 6.91. The van der Waals surface area contributed by atoms with E-state index in [-0.39, 0.29) is 12.1 Å². The highest BCUT2D eigenvalue weighted by Gasteiger charge is 2.23. The third-order valence-corrected chi connectivity index (χ3v) is 5.79. The number of carbonyl (C=O) groups excluding carboxylic acids is 2. The van der Waals surface area contributed by atoms with Gasteiger partial charge in [0, 0.05) is 25.2 Å². The molecule has 36 heavy (non-hydrogen) atoms. The van der Waals surface area contributed by atoms with Crippen molar-refractivity contribution in [3.05, 3.63) is 88.4 Å². The summed E-state index contributed by atoms with van der Waals surface area (Å²) in [7, 11) is 0. The summed E-state index contributed by atoms with van der Waals surface area (Å²) in [6.45, 7) is 8.32. The zero-order valence-corrected chi connectivity index (χ0v) is 21.3. The van der Waals surface area contributed by atoms with Gasteiger partial charge in [0.15, 0.2) is 0 Å². The molecule has 0 atom stereocenters. The Labute approximate surface area is 211 Å². The molecule has 0 saturated heterocycles. The minimum atomic E-state index is -0.909. The Morgan fingerprint density at radius 3 is 2.31 bits per heavy atom. The zero-order chi connectivity index (χ0) is 26.7. The molecule has 2 aromatic rings. The fourth-order valence-electron chi connectivity index (χ4n) is 3.57. The molecule has 0 aromatic heterocycles. The van der Waals surface area contributed by atoms with Gasteiger partial charge in [0.05, 0.1) is 5.56 Å². The van der Waals surface area contributed by atoms with Crippen LogP contribution in [-0.2, 0) is 6.54 Å². The number of nitrogens with one attached hydrogen (secondary N) is 2. The van der Waals surface area contributed by atoms with Crippen LogP contribution in [0.1, 0.15) is 69.3 Å². The van der Waals surface area contributed by atoms with E-state index in [0.717, 1.165) is 42.7 Å². The predicted molar refractivity (Wildman–Crippen MR) is 137 cm³/mol. The molecule has 2 rings (SSSR count). The van der Waals surface area contributed by atoms with Crippen LogP contribution in [0.25, 0.3) is 0 Å². The highest BCUT2D eigenvalue weighted by Crippen LogP contribution is 2.23. The lowest BCUT2D eigenvalue weighted by atomic mass is 10.0. The van der Waals surface area contributed by atoms with Gasteiger partial charge in [-0.05, 0) is 56.5 Å². The number of unbranched alkanes of at least 4 members (excludes halogenated alkanes) is 1. The second-order valence-corrected chi connectivity index (χ2v) is 8.38. The average molecular weight is 502 g/mol. The Morgan fingerprint density at radius 1 is 1.03 bits per heavy atom. The number of hydrogen-bond acceptors (Lipinski definition) is 2. The molecule has 2 aromatic carbocycles. The van der Waals surface area contributed by atoms with E-state index in [9.17, 15) is 18.4 Å². The highest BCUT2D eigenvalue weighted by molar-refractivity contribution is 5.96. The number of carbonyl (C=O) groups is 2.